The van der Waals surface area contributed by atoms with Gasteiger partial charge in [-0.15, -0.1) is 24.2 Å². The Balaban J connectivity index is 0.00000180. The summed E-state index contributed by atoms with van der Waals surface area (Å²) < 4.78 is 0. The van der Waals surface area contributed by atoms with Gasteiger partial charge in [0.25, 0.3) is 5.91 Å². The topological polar surface area (TPSA) is 46.3 Å². The van der Waals surface area contributed by atoms with Crippen LogP contribution in [0.4, 0.5) is 0 Å². The van der Waals surface area contributed by atoms with E-state index >= 15 is 0 Å². The number of rotatable bonds is 2. The number of benzene rings is 1. The molecular formula is C13H18Cl2N2OS. The fourth-order valence-corrected chi connectivity index (χ4v) is 2.80. The molecule has 2 rings (SSSR count). The number of nitrogens with zero attached hydrogens (tertiary/aromatic N) is 1. The summed E-state index contributed by atoms with van der Waals surface area (Å²) in [5, 5.41) is 0.511. The van der Waals surface area contributed by atoms with E-state index in [0.717, 1.165) is 24.3 Å². The molecule has 1 aliphatic heterocycles. The molecule has 1 heterocycles. The van der Waals surface area contributed by atoms with Crippen LogP contribution in [-0.4, -0.2) is 36.2 Å². The zero-order valence-corrected chi connectivity index (χ0v) is 13.2. The molecule has 106 valence electrons. The number of carbonyl (C=O) groups excluding carboxylic acids is 1. The van der Waals surface area contributed by atoms with E-state index < -0.39 is 0 Å². The van der Waals surface area contributed by atoms with Gasteiger partial charge in [-0.2, -0.15) is 0 Å². The third-order valence-corrected chi connectivity index (χ3v) is 4.20. The van der Waals surface area contributed by atoms with Crippen LogP contribution < -0.4 is 5.73 Å². The first-order valence-corrected chi connectivity index (χ1v) is 7.60. The van der Waals surface area contributed by atoms with E-state index in [1.165, 1.54) is 0 Å². The molecule has 19 heavy (non-hydrogen) atoms. The van der Waals surface area contributed by atoms with Crippen molar-refractivity contribution in [2.24, 2.45) is 5.73 Å². The highest BCUT2D eigenvalue weighted by atomic mass is 35.5. The van der Waals surface area contributed by atoms with Crippen LogP contribution in [0, 0.1) is 0 Å². The maximum Gasteiger partial charge on any atom is 0.255 e. The van der Waals surface area contributed by atoms with E-state index in [-0.39, 0.29) is 24.4 Å². The molecular weight excluding hydrogens is 303 g/mol. The summed E-state index contributed by atoms with van der Waals surface area (Å²) in [6.45, 7) is 1.39. The molecule has 0 aliphatic carbocycles. The van der Waals surface area contributed by atoms with Crippen molar-refractivity contribution in [3.8, 4) is 0 Å². The Morgan fingerprint density at radius 1 is 1.53 bits per heavy atom. The zero-order chi connectivity index (χ0) is 13.1. The van der Waals surface area contributed by atoms with E-state index in [1.807, 2.05) is 18.4 Å². The maximum atomic E-state index is 12.4. The number of nitrogens with two attached hydrogens (primary N) is 1. The van der Waals surface area contributed by atoms with Crippen molar-refractivity contribution in [1.82, 2.24) is 4.90 Å². The number of likely N-dealkylation sites (tertiary alicyclic amines) is 1. The number of piperidine rings is 1. The lowest BCUT2D eigenvalue weighted by Gasteiger charge is -2.31. The molecule has 0 saturated carbocycles. The molecule has 0 aromatic heterocycles. The smallest absolute Gasteiger partial charge is 0.255 e. The summed E-state index contributed by atoms with van der Waals surface area (Å²) in [5.74, 6) is -0.00829. The number of hydrogen-bond donors (Lipinski definition) is 1. The predicted molar refractivity (Wildman–Crippen MR) is 83.6 cm³/mol. The van der Waals surface area contributed by atoms with Gasteiger partial charge < -0.3 is 10.6 Å². The van der Waals surface area contributed by atoms with Gasteiger partial charge in [0.1, 0.15) is 0 Å². The van der Waals surface area contributed by atoms with Gasteiger partial charge in [0, 0.05) is 24.0 Å². The SMILES string of the molecule is CSc1ccc(Cl)c(C(=O)N2CCCC(N)C2)c1.Cl. The Bertz CT molecular complexity index is 456. The van der Waals surface area contributed by atoms with Gasteiger partial charge in [0.05, 0.1) is 10.6 Å². The van der Waals surface area contributed by atoms with Crippen molar-refractivity contribution in [3.05, 3.63) is 28.8 Å². The molecule has 1 amide bonds. The number of amides is 1. The van der Waals surface area contributed by atoms with Crippen molar-refractivity contribution in [2.75, 3.05) is 19.3 Å². The van der Waals surface area contributed by atoms with Crippen LogP contribution in [0.2, 0.25) is 5.02 Å². The molecule has 1 fully saturated rings. The minimum atomic E-state index is -0.00829. The standard InChI is InChI=1S/C13H17ClN2OS.ClH/c1-18-10-4-5-12(14)11(7-10)13(17)16-6-2-3-9(15)8-16;/h4-5,7,9H,2-3,6,8,15H2,1H3;1H. The highest BCUT2D eigenvalue weighted by Crippen LogP contribution is 2.25. The molecule has 1 unspecified atom stereocenters. The number of hydrogen-bond acceptors (Lipinski definition) is 3. The van der Waals surface area contributed by atoms with Crippen LogP contribution in [-0.2, 0) is 0 Å². The Kier molecular flexibility index (Phi) is 6.47. The minimum Gasteiger partial charge on any atom is -0.337 e. The Morgan fingerprint density at radius 3 is 2.89 bits per heavy atom. The Morgan fingerprint density at radius 2 is 2.26 bits per heavy atom. The monoisotopic (exact) mass is 320 g/mol. The second kappa shape index (κ2) is 7.39. The van der Waals surface area contributed by atoms with Crippen LogP contribution in [0.1, 0.15) is 23.2 Å². The third-order valence-electron chi connectivity index (χ3n) is 3.15. The summed E-state index contributed by atoms with van der Waals surface area (Å²) in [6.07, 6.45) is 3.93. The molecule has 3 nitrogen and oxygen atoms in total. The number of halogens is 2. The fraction of sp³-hybridized carbons (Fsp3) is 0.462. The van der Waals surface area contributed by atoms with E-state index in [4.69, 9.17) is 17.3 Å². The summed E-state index contributed by atoms with van der Waals surface area (Å²) in [5.41, 5.74) is 6.49. The van der Waals surface area contributed by atoms with E-state index in [0.29, 0.717) is 17.1 Å². The van der Waals surface area contributed by atoms with Gasteiger partial charge in [-0.05, 0) is 37.3 Å². The summed E-state index contributed by atoms with van der Waals surface area (Å²) in [4.78, 5) is 15.3. The fourth-order valence-electron chi connectivity index (χ4n) is 2.16. The molecule has 6 heteroatoms. The summed E-state index contributed by atoms with van der Waals surface area (Å²) in [7, 11) is 0. The summed E-state index contributed by atoms with van der Waals surface area (Å²) >= 11 is 7.72. The highest BCUT2D eigenvalue weighted by molar-refractivity contribution is 7.98. The number of thioether (sulfide) groups is 1. The van der Waals surface area contributed by atoms with Crippen molar-refractivity contribution in [2.45, 2.75) is 23.8 Å². The molecule has 2 N–H and O–H groups in total. The van der Waals surface area contributed by atoms with Crippen LogP contribution in [0.5, 0.6) is 0 Å². The van der Waals surface area contributed by atoms with Gasteiger partial charge in [0.2, 0.25) is 0 Å². The van der Waals surface area contributed by atoms with Crippen molar-refractivity contribution >= 4 is 41.7 Å². The average molecular weight is 321 g/mol. The quantitative estimate of drug-likeness (QED) is 0.852. The normalized spacial score (nSPS) is 18.9. The first kappa shape index (κ1) is 16.6. The van der Waals surface area contributed by atoms with Gasteiger partial charge in [0.15, 0.2) is 0 Å². The van der Waals surface area contributed by atoms with Crippen LogP contribution in [0.15, 0.2) is 23.1 Å². The van der Waals surface area contributed by atoms with Crippen LogP contribution >= 0.6 is 35.8 Å². The van der Waals surface area contributed by atoms with E-state index in [9.17, 15) is 4.79 Å². The van der Waals surface area contributed by atoms with Gasteiger partial charge >= 0.3 is 0 Å². The predicted octanol–water partition coefficient (Wildman–Crippen LogP) is 3.05. The highest BCUT2D eigenvalue weighted by Gasteiger charge is 2.23. The van der Waals surface area contributed by atoms with E-state index in [2.05, 4.69) is 0 Å². The molecule has 1 atom stereocenters. The van der Waals surface area contributed by atoms with E-state index in [1.54, 1.807) is 22.7 Å². The Labute approximate surface area is 129 Å². The van der Waals surface area contributed by atoms with Crippen molar-refractivity contribution < 1.29 is 4.79 Å². The lowest BCUT2D eigenvalue weighted by Crippen LogP contribution is -2.45. The molecule has 1 aromatic carbocycles. The second-order valence-electron chi connectivity index (χ2n) is 4.50. The lowest BCUT2D eigenvalue weighted by atomic mass is 10.1. The first-order valence-electron chi connectivity index (χ1n) is 6.00. The average Bonchev–Trinajstić information content (AvgIpc) is 2.38. The Hall–Kier alpha value is -0.420. The van der Waals surface area contributed by atoms with Gasteiger partial charge in [-0.3, -0.25) is 4.79 Å². The molecule has 1 saturated heterocycles. The zero-order valence-electron chi connectivity index (χ0n) is 10.8. The maximum absolute atomic E-state index is 12.4. The summed E-state index contributed by atoms with van der Waals surface area (Å²) in [6, 6.07) is 5.65. The molecule has 0 bridgehead atoms. The molecule has 1 aliphatic rings. The lowest BCUT2D eigenvalue weighted by molar-refractivity contribution is 0.0708. The number of carbonyl (C=O) groups is 1. The van der Waals surface area contributed by atoms with Crippen LogP contribution in [0.3, 0.4) is 0 Å². The first-order chi connectivity index (χ1) is 8.61. The second-order valence-corrected chi connectivity index (χ2v) is 5.79. The minimum absolute atomic E-state index is 0. The van der Waals surface area contributed by atoms with Gasteiger partial charge in [-0.25, -0.2) is 0 Å². The van der Waals surface area contributed by atoms with Crippen LogP contribution in [0.25, 0.3) is 0 Å². The molecule has 1 aromatic rings. The van der Waals surface area contributed by atoms with Gasteiger partial charge in [-0.1, -0.05) is 11.6 Å². The third kappa shape index (κ3) is 4.02. The largest absolute Gasteiger partial charge is 0.337 e. The van der Waals surface area contributed by atoms with Crippen molar-refractivity contribution in [1.29, 1.82) is 0 Å². The molecule has 0 spiro atoms. The van der Waals surface area contributed by atoms with Crippen molar-refractivity contribution in [3.63, 3.8) is 0 Å². The molecule has 0 radical (unpaired) electrons.